The van der Waals surface area contributed by atoms with E-state index in [1.165, 1.54) is 36.8 Å². The van der Waals surface area contributed by atoms with Crippen LogP contribution < -0.4 is 28.6 Å². The summed E-state index contributed by atoms with van der Waals surface area (Å²) in [5.74, 6) is -6.18. The monoisotopic (exact) mass is 2180 g/mol. The Bertz CT molecular complexity index is 5220. The predicted molar refractivity (Wildman–Crippen MR) is 427 cm³/mol. The molecule has 0 amide bonds. The van der Waals surface area contributed by atoms with Crippen molar-refractivity contribution in [2.24, 2.45) is 32.2 Å². The van der Waals surface area contributed by atoms with E-state index in [1.54, 1.807) is 0 Å². The molecule has 25 atom stereocenters. The van der Waals surface area contributed by atoms with Gasteiger partial charge in [0.1, 0.15) is 87.6 Å². The van der Waals surface area contributed by atoms with Crippen LogP contribution in [-0.2, 0) is 108 Å². The number of nitrogens with zero attached hydrogens (tertiary/aromatic N) is 8. The fraction of sp³-hybridized carbons (Fsp3) is 0.531. The number of amidine groups is 3. The molecule has 4 saturated heterocycles. The molecule has 128 heavy (non-hydrogen) atoms. The van der Waals surface area contributed by atoms with Crippen molar-refractivity contribution < 1.29 is 233 Å². The zero-order chi connectivity index (χ0) is 97.1. The average Bonchev–Trinajstić information content (AvgIpc) is 1.61. The second-order valence-electron chi connectivity index (χ2n) is 25.4. The van der Waals surface area contributed by atoms with Crippen LogP contribution in [0, 0.1) is 0 Å². The number of rotatable bonds is 34. The molecule has 736 valence electrons. The number of phosphoric acid groups is 8. The molecule has 0 aliphatic carbocycles. The van der Waals surface area contributed by atoms with Crippen LogP contribution >= 0.6 is 139 Å². The van der Waals surface area contributed by atoms with Gasteiger partial charge in [0.15, 0.2) is 49.6 Å². The highest BCUT2D eigenvalue weighted by molar-refractivity contribution is 7.71. The number of alkyl halides is 9. The summed E-state index contributed by atoms with van der Waals surface area (Å²) in [6.45, 7) is 10.7. The van der Waals surface area contributed by atoms with Gasteiger partial charge in [-0.05, 0) is 42.9 Å². The number of ether oxygens (including phenoxy) is 4. The van der Waals surface area contributed by atoms with Gasteiger partial charge < -0.3 is 155 Å². The van der Waals surface area contributed by atoms with Gasteiger partial charge in [0.25, 0.3) is 0 Å². The van der Waals surface area contributed by atoms with Crippen molar-refractivity contribution in [3.05, 3.63) is 120 Å². The van der Waals surface area contributed by atoms with Crippen molar-refractivity contribution in [3.8, 4) is 0 Å². The van der Waals surface area contributed by atoms with Crippen LogP contribution in [0.2, 0.25) is 0 Å². The quantitative estimate of drug-likeness (QED) is 0.0267. The highest BCUT2D eigenvalue weighted by atomic mass is 35.5. The molecule has 57 nitrogen and oxygen atoms in total. The lowest BCUT2D eigenvalue weighted by Gasteiger charge is -2.33. The molecule has 28 N–H and O–H groups in total. The number of aliphatic hydroxyl groups excluding tert-OH is 4. The van der Waals surface area contributed by atoms with Gasteiger partial charge in [-0.3, -0.25) is 22.8 Å². The lowest BCUT2D eigenvalue weighted by molar-refractivity contribution is -0.108. The third kappa shape index (κ3) is 32.4. The summed E-state index contributed by atoms with van der Waals surface area (Å²) in [5, 5.41) is 41.2. The number of anilines is 1. The van der Waals surface area contributed by atoms with Crippen molar-refractivity contribution in [1.29, 1.82) is 0 Å². The maximum Gasteiger partial charge on any atom is 0.488 e. The van der Waals surface area contributed by atoms with Crippen LogP contribution in [0.4, 0.5) is 32.2 Å². The van der Waals surface area contributed by atoms with Gasteiger partial charge in [0, 0.05) is 37.0 Å². The first kappa shape index (κ1) is 119. The van der Waals surface area contributed by atoms with Gasteiger partial charge in [0.05, 0.1) is 29.7 Å². The summed E-state index contributed by atoms with van der Waals surface area (Å²) in [6.07, 6.45) is -18.0. The largest absolute Gasteiger partial charge is 0.488 e. The molecule has 7 aliphatic heterocycles. The third-order valence-electron chi connectivity index (χ3n) is 16.1. The topological polar surface area (TPSA) is 906 Å². The molecule has 4 fully saturated rings. The lowest BCUT2D eigenvalue weighted by Crippen LogP contribution is -2.46. The number of halogens is 10. The number of hydrogen-bond acceptors (Lipinski definition) is 40. The smallest absolute Gasteiger partial charge is 0.387 e. The summed E-state index contributed by atoms with van der Waals surface area (Å²) < 4.78 is 275. The van der Waals surface area contributed by atoms with Gasteiger partial charge in [-0.15, -0.1) is 46.4 Å². The molecule has 8 heterocycles. The number of hydrogen-bond donors (Lipinski definition) is 24. The zero-order valence-electron chi connectivity index (χ0n) is 61.6. The molecule has 8 rings (SSSR count). The zero-order valence-corrected chi connectivity index (χ0v) is 75.4. The van der Waals surface area contributed by atoms with Gasteiger partial charge >= 0.3 is 98.7 Å². The van der Waals surface area contributed by atoms with Crippen LogP contribution in [0.1, 0.15) is 33.9 Å². The Morgan fingerprint density at radius 1 is 0.500 bits per heavy atom. The van der Waals surface area contributed by atoms with E-state index in [2.05, 4.69) is 74.2 Å². The van der Waals surface area contributed by atoms with Gasteiger partial charge in [-0.2, -0.15) is 26.6 Å². The van der Waals surface area contributed by atoms with Gasteiger partial charge in [-0.1, -0.05) is 34.6 Å². The molecule has 0 radical (unpaired) electrons. The molecule has 0 spiro atoms. The number of aliphatic imine (C=N–C) groups is 3. The SMILES string of the molecule is C.C.C=C1N=C(N)C=CN1[C@@H]1O[C@@](/C=C\P(=O)(O)OP(=O)(O)OP(=O)(O)O)(CCl)[C@@H](O)[C@H]1F.C=C1N=C(N)C=CN1[C@@H]1O[C@](CCl)(CC(F)P(=O)(O)OP(=O)(O)OP(=O)(O)O)[C@@H](O)[C@H]1F.C=C1N=C(N)C=CN1[C@@H]1O[C@](CCl)(CCP(=O)(O)OP(=O)(O)OP(=O)(O)O)[C@@H](O)[C@H]1F.Nc1ccn([C@@H]2O[C@@](/C=C(/F)P(=O)(O)OP(=O)(O)OP(=O)(O)O)(CCl)[C@@H](O)[C@H]2F)c(=O)n1. The minimum atomic E-state index is -6.01. The Morgan fingerprint density at radius 2 is 0.844 bits per heavy atom. The maximum absolute atomic E-state index is 14.8. The van der Waals surface area contributed by atoms with E-state index in [9.17, 15) is 141 Å². The van der Waals surface area contributed by atoms with Crippen molar-refractivity contribution in [3.63, 3.8) is 0 Å². The van der Waals surface area contributed by atoms with Crippen LogP contribution in [0.5, 0.6) is 0 Å². The Kier molecular flexibility index (Phi) is 41.2. The first-order chi connectivity index (χ1) is 56.9. The van der Waals surface area contributed by atoms with E-state index < -0.39 is 249 Å². The van der Waals surface area contributed by atoms with E-state index in [0.717, 1.165) is 27.0 Å². The molecule has 79 heteroatoms. The summed E-state index contributed by atoms with van der Waals surface area (Å²) >= 11 is 23.0. The average molecular weight is 2180 g/mol. The number of nitrogens with two attached hydrogens (primary N) is 4. The highest BCUT2D eigenvalue weighted by Crippen LogP contribution is 2.72. The molecular weight excluding hydrogens is 2100 g/mol. The number of aromatic nitrogens is 2. The van der Waals surface area contributed by atoms with Crippen molar-refractivity contribution in [2.75, 3.05) is 35.4 Å². The maximum atomic E-state index is 14.8. The minimum Gasteiger partial charge on any atom is -0.387 e. The number of aliphatic hydroxyl groups is 4. The Hall–Kier alpha value is -3.37. The standard InChI is InChI=1S/C12H19ClF2N3O11P3.C12H20ClFN3O11P3.C12H18ClFN3O11P3.C11H15ClF2N3O12P3.2CH4/c1-6-17-8(16)2-3-18(6)11-9(15)10(19)12(5-13,27-11)4-7(14)30(20,21)28-32(25,26)29-31(22,23)24;2*1-7-16-8(15)2-4-17(7)11-9(14)10(18)12(6-13,26-11)3-5-29(19,20)27-31(24,25)28-30(21,22)23;12-4-11(3-5(13)30(20,21)28-32(25,26)29-31(22,23)24)8(18)7(14)9(27-11)17-2-1-6(15)16-10(17)19;;/h2-3,7,9-11,19H,1,4-5H2,(H2,16,17)(H,20,21)(H,25,26)(H2,22,23,24);2,4,9-11,18H,1,3,5-6H2,(H2,15,16)(H,19,20)(H,24,25)(H2,21,22,23);2-5,9-11,18H,1,6H2,(H2,15,16)(H,19,20)(H,24,25)(H2,21,22,23);1-3,7-9,18H,4H2,(H,20,21)(H,25,26)(H2,15,16,19)(H2,22,23,24);2*1H4/b;;2*5-3-;;/t7?,9-,10+,11-,12+;2*9-,10+,11-,12+;7-,8+,9-,11+;;/m1111../s1. The molecule has 9 unspecified atom stereocenters. The second-order valence-corrected chi connectivity index (χ2v) is 45.7. The van der Waals surface area contributed by atoms with E-state index in [0.29, 0.717) is 10.6 Å². The molecule has 0 aromatic carbocycles. The van der Waals surface area contributed by atoms with Gasteiger partial charge in [-0.25, -0.2) is 95.5 Å². The molecule has 0 bridgehead atoms. The first-order valence-electron chi connectivity index (χ1n) is 32.2. The highest BCUT2D eigenvalue weighted by Gasteiger charge is 2.63. The van der Waals surface area contributed by atoms with Crippen LogP contribution in [0.15, 0.2) is 130 Å². The van der Waals surface area contributed by atoms with Crippen LogP contribution in [-0.4, -0.2) is 266 Å². The van der Waals surface area contributed by atoms with Gasteiger partial charge in [0.2, 0.25) is 11.5 Å². The minimum absolute atomic E-state index is 0. The third-order valence-corrected chi connectivity index (χ3v) is 34.5. The molecule has 0 saturated carbocycles. The fourth-order valence-corrected chi connectivity index (χ4v) is 25.9. The summed E-state index contributed by atoms with van der Waals surface area (Å²) in [6, 6.07) is 1.07. The van der Waals surface area contributed by atoms with Crippen LogP contribution in [0.25, 0.3) is 0 Å². The predicted octanol–water partition coefficient (Wildman–Crippen LogP) is 3.38. The number of nitrogen functional groups attached to an aromatic ring is 1. The van der Waals surface area contributed by atoms with E-state index in [-0.39, 0.29) is 67.5 Å². The molecule has 1 aromatic heterocycles. The molecule has 1 aromatic rings. The molecular formula is C49H80Cl4F6N12O45P12. The van der Waals surface area contributed by atoms with Crippen molar-refractivity contribution >= 4 is 163 Å². The fourth-order valence-electron chi connectivity index (χ4n) is 10.7. The van der Waals surface area contributed by atoms with E-state index in [1.807, 2.05) is 0 Å². The lowest BCUT2D eigenvalue weighted by atomic mass is 9.94. The first-order valence-corrected chi connectivity index (χ1v) is 53.1. The van der Waals surface area contributed by atoms with Crippen molar-refractivity contribution in [2.45, 2.75) is 130 Å². The summed E-state index contributed by atoms with van der Waals surface area (Å²) in [5.41, 5.74) is 9.27. The Morgan fingerprint density at radius 3 is 1.23 bits per heavy atom. The Labute approximate surface area is 734 Å². The van der Waals surface area contributed by atoms with E-state index in [4.69, 9.17) is 132 Å². The van der Waals surface area contributed by atoms with Crippen LogP contribution in [0.3, 0.4) is 0 Å². The normalized spacial score (nSPS) is 32.1. The summed E-state index contributed by atoms with van der Waals surface area (Å²) in [7, 11) is -67.9. The van der Waals surface area contributed by atoms with Crippen molar-refractivity contribution in [1.82, 2.24) is 24.3 Å². The van der Waals surface area contributed by atoms with E-state index >= 15 is 0 Å². The molecule has 7 aliphatic rings. The summed E-state index contributed by atoms with van der Waals surface area (Å²) in [4.78, 5) is 173. The second kappa shape index (κ2) is 44.4. The Balaban J connectivity index is 0.000000438.